The first-order valence-corrected chi connectivity index (χ1v) is 8.52. The van der Waals surface area contributed by atoms with E-state index in [1.165, 1.54) is 42.6 Å². The van der Waals surface area contributed by atoms with Crippen LogP contribution in [0.15, 0.2) is 48.5 Å². The molecule has 2 nitrogen and oxygen atoms in total. The molecule has 2 N–H and O–H groups in total. The molecule has 0 aliphatic rings. The van der Waals surface area contributed by atoms with Gasteiger partial charge in [0, 0.05) is 23.6 Å². The minimum atomic E-state index is 0.966. The van der Waals surface area contributed by atoms with Crippen LogP contribution in [0.25, 0.3) is 0 Å². The van der Waals surface area contributed by atoms with Gasteiger partial charge < -0.3 is 10.6 Å². The van der Waals surface area contributed by atoms with Crippen molar-refractivity contribution in [3.63, 3.8) is 0 Å². The monoisotopic (exact) mass is 296 g/mol. The first-order valence-electron chi connectivity index (χ1n) is 8.52. The number of unbranched alkanes of at least 4 members (excludes halogenated alkanes) is 3. The zero-order chi connectivity index (χ0) is 15.6. The van der Waals surface area contributed by atoms with Crippen molar-refractivity contribution < 1.29 is 0 Å². The SMILES string of the molecule is CCCCCCc1cc(Nc2ccccc2)ccc1NCC. The van der Waals surface area contributed by atoms with Crippen LogP contribution in [0.1, 0.15) is 45.1 Å². The standard InChI is InChI=1S/C20H28N2/c1-3-5-6-8-11-17-16-19(14-15-20(17)21-4-2)22-18-12-9-7-10-13-18/h7,9-10,12-16,21-22H,3-6,8,11H2,1-2H3. The summed E-state index contributed by atoms with van der Waals surface area (Å²) in [7, 11) is 0. The molecule has 2 aromatic carbocycles. The second-order valence-corrected chi connectivity index (χ2v) is 5.70. The smallest absolute Gasteiger partial charge is 0.0388 e. The number of benzene rings is 2. The third kappa shape index (κ3) is 5.10. The van der Waals surface area contributed by atoms with Crippen LogP contribution < -0.4 is 10.6 Å². The van der Waals surface area contributed by atoms with Gasteiger partial charge in [-0.2, -0.15) is 0 Å². The Labute approximate surface area is 135 Å². The molecular weight excluding hydrogens is 268 g/mol. The topological polar surface area (TPSA) is 24.1 Å². The maximum Gasteiger partial charge on any atom is 0.0388 e. The van der Waals surface area contributed by atoms with Crippen LogP contribution in [0.4, 0.5) is 17.1 Å². The van der Waals surface area contributed by atoms with Crippen LogP contribution in [0, 0.1) is 0 Å². The van der Waals surface area contributed by atoms with Gasteiger partial charge in [0.15, 0.2) is 0 Å². The van der Waals surface area contributed by atoms with E-state index in [9.17, 15) is 0 Å². The number of para-hydroxylation sites is 1. The Hall–Kier alpha value is -1.96. The molecule has 2 rings (SSSR count). The fourth-order valence-electron chi connectivity index (χ4n) is 2.67. The second-order valence-electron chi connectivity index (χ2n) is 5.70. The van der Waals surface area contributed by atoms with Crippen molar-refractivity contribution in [2.75, 3.05) is 17.2 Å². The van der Waals surface area contributed by atoms with E-state index in [0.717, 1.165) is 18.7 Å². The molecule has 0 atom stereocenters. The van der Waals surface area contributed by atoms with Crippen molar-refractivity contribution in [3.8, 4) is 0 Å². The Morgan fingerprint density at radius 2 is 1.64 bits per heavy atom. The molecule has 2 heteroatoms. The van der Waals surface area contributed by atoms with Crippen molar-refractivity contribution in [2.24, 2.45) is 0 Å². The molecule has 0 aromatic heterocycles. The average Bonchev–Trinajstić information content (AvgIpc) is 2.55. The molecule has 2 aromatic rings. The third-order valence-corrected chi connectivity index (χ3v) is 3.83. The van der Waals surface area contributed by atoms with Gasteiger partial charge in [0.2, 0.25) is 0 Å². The van der Waals surface area contributed by atoms with E-state index >= 15 is 0 Å². The number of hydrogen-bond donors (Lipinski definition) is 2. The maximum atomic E-state index is 3.49. The lowest BCUT2D eigenvalue weighted by molar-refractivity contribution is 0.667. The largest absolute Gasteiger partial charge is 0.385 e. The summed E-state index contributed by atoms with van der Waals surface area (Å²) in [6, 6.07) is 17.0. The van der Waals surface area contributed by atoms with Crippen molar-refractivity contribution in [1.82, 2.24) is 0 Å². The van der Waals surface area contributed by atoms with Crippen LogP contribution in [0.5, 0.6) is 0 Å². The summed E-state index contributed by atoms with van der Waals surface area (Å²) in [5.41, 5.74) is 4.99. The van der Waals surface area contributed by atoms with Gasteiger partial charge in [-0.3, -0.25) is 0 Å². The van der Waals surface area contributed by atoms with Crippen LogP contribution in [-0.2, 0) is 6.42 Å². The Kier molecular flexibility index (Phi) is 6.82. The minimum Gasteiger partial charge on any atom is -0.385 e. The number of anilines is 3. The summed E-state index contributed by atoms with van der Waals surface area (Å²) >= 11 is 0. The molecule has 0 aliphatic heterocycles. The predicted octanol–water partition coefficient (Wildman–Crippen LogP) is 5.98. The summed E-state index contributed by atoms with van der Waals surface area (Å²) in [4.78, 5) is 0. The Balaban J connectivity index is 2.08. The molecule has 0 radical (unpaired) electrons. The molecule has 0 amide bonds. The Bertz CT molecular complexity index is 549. The quantitative estimate of drug-likeness (QED) is 0.556. The van der Waals surface area contributed by atoms with Gasteiger partial charge in [0.1, 0.15) is 0 Å². The summed E-state index contributed by atoms with van der Waals surface area (Å²) in [5, 5.41) is 6.97. The number of aryl methyl sites for hydroxylation is 1. The molecule has 0 saturated heterocycles. The van der Waals surface area contributed by atoms with Crippen LogP contribution in [0.3, 0.4) is 0 Å². The lowest BCUT2D eigenvalue weighted by Crippen LogP contribution is -2.02. The first-order chi connectivity index (χ1) is 10.8. The van der Waals surface area contributed by atoms with Gasteiger partial charge in [0.25, 0.3) is 0 Å². The van der Waals surface area contributed by atoms with Gasteiger partial charge in [0.05, 0.1) is 0 Å². The van der Waals surface area contributed by atoms with Crippen LogP contribution in [-0.4, -0.2) is 6.54 Å². The van der Waals surface area contributed by atoms with Crippen molar-refractivity contribution in [3.05, 3.63) is 54.1 Å². The first kappa shape index (κ1) is 16.4. The average molecular weight is 296 g/mol. The van der Waals surface area contributed by atoms with E-state index in [4.69, 9.17) is 0 Å². The van der Waals surface area contributed by atoms with Gasteiger partial charge in [-0.1, -0.05) is 44.4 Å². The molecule has 0 saturated carbocycles. The molecule has 0 fully saturated rings. The van der Waals surface area contributed by atoms with Crippen molar-refractivity contribution in [1.29, 1.82) is 0 Å². The Morgan fingerprint density at radius 1 is 0.818 bits per heavy atom. The summed E-state index contributed by atoms with van der Waals surface area (Å²) in [5.74, 6) is 0. The van der Waals surface area contributed by atoms with Gasteiger partial charge in [-0.25, -0.2) is 0 Å². The third-order valence-electron chi connectivity index (χ3n) is 3.83. The highest BCUT2D eigenvalue weighted by molar-refractivity contribution is 5.65. The van der Waals surface area contributed by atoms with Crippen LogP contribution in [0.2, 0.25) is 0 Å². The lowest BCUT2D eigenvalue weighted by atomic mass is 10.0. The van der Waals surface area contributed by atoms with E-state index in [0.29, 0.717) is 0 Å². The maximum absolute atomic E-state index is 3.49. The molecular formula is C20H28N2. The van der Waals surface area contributed by atoms with Crippen LogP contribution >= 0.6 is 0 Å². The van der Waals surface area contributed by atoms with Gasteiger partial charge in [-0.15, -0.1) is 0 Å². The summed E-state index contributed by atoms with van der Waals surface area (Å²) < 4.78 is 0. The second kappa shape index (κ2) is 9.14. The molecule has 0 unspecified atom stereocenters. The number of hydrogen-bond acceptors (Lipinski definition) is 2. The van der Waals surface area contributed by atoms with E-state index in [1.807, 2.05) is 6.07 Å². The van der Waals surface area contributed by atoms with Gasteiger partial charge >= 0.3 is 0 Å². The number of nitrogens with one attached hydrogen (secondary N) is 2. The predicted molar refractivity (Wildman–Crippen MR) is 98.2 cm³/mol. The molecule has 0 bridgehead atoms. The number of rotatable bonds is 9. The zero-order valence-corrected chi connectivity index (χ0v) is 13.9. The molecule has 22 heavy (non-hydrogen) atoms. The molecule has 0 heterocycles. The fourth-order valence-corrected chi connectivity index (χ4v) is 2.67. The lowest BCUT2D eigenvalue weighted by Gasteiger charge is -2.14. The molecule has 118 valence electrons. The summed E-state index contributed by atoms with van der Waals surface area (Å²) in [6.07, 6.45) is 6.35. The summed E-state index contributed by atoms with van der Waals surface area (Å²) in [6.45, 7) is 5.37. The minimum absolute atomic E-state index is 0.966. The molecule has 0 aliphatic carbocycles. The normalized spacial score (nSPS) is 10.5. The van der Waals surface area contributed by atoms with E-state index in [-0.39, 0.29) is 0 Å². The molecule has 0 spiro atoms. The zero-order valence-electron chi connectivity index (χ0n) is 13.9. The van der Waals surface area contributed by atoms with Crippen molar-refractivity contribution >= 4 is 17.1 Å². The Morgan fingerprint density at radius 3 is 2.36 bits per heavy atom. The van der Waals surface area contributed by atoms with E-state index in [1.54, 1.807) is 0 Å². The highest BCUT2D eigenvalue weighted by Gasteiger charge is 2.04. The fraction of sp³-hybridized carbons (Fsp3) is 0.400. The van der Waals surface area contributed by atoms with Gasteiger partial charge in [-0.05, 0) is 55.7 Å². The highest BCUT2D eigenvalue weighted by Crippen LogP contribution is 2.25. The van der Waals surface area contributed by atoms with E-state index < -0.39 is 0 Å². The highest BCUT2D eigenvalue weighted by atomic mass is 14.9. The van der Waals surface area contributed by atoms with Crippen molar-refractivity contribution in [2.45, 2.75) is 46.0 Å². The van der Waals surface area contributed by atoms with E-state index in [2.05, 4.69) is 66.9 Å².